The van der Waals surface area contributed by atoms with Gasteiger partial charge in [-0.15, -0.1) is 0 Å². The quantitative estimate of drug-likeness (QED) is 0.527. The molecule has 8 rings (SSSR count). The highest BCUT2D eigenvalue weighted by atomic mass is 16.2. The number of hydrogen-bond acceptors (Lipinski definition) is 2. The number of urea groups is 1. The molecule has 4 heteroatoms. The number of hydrogen-bond donors (Lipinski definition) is 1. The minimum atomic E-state index is -0.0282. The van der Waals surface area contributed by atoms with Gasteiger partial charge < -0.3 is 5.32 Å². The predicted molar refractivity (Wildman–Crippen MR) is 128 cm³/mol. The standard InChI is InChI=1S/C29H42N2O2/c1-27-7-3-4-23(27)22-17-31(25-13-21(32)5-9-28(25,2)24(22)6-8-27)26(33)30-29-14-18-10-19(15-29)12-20(11-18)16-29/h13,18-20,22-24H,3-12,14-17H2,1-2H3,(H,30,33)/t18?,19?,20?,22-,23-,24-,27-,28+,29?/m0/s1. The third kappa shape index (κ3) is 3.00. The lowest BCUT2D eigenvalue weighted by Crippen LogP contribution is -2.65. The Balaban J connectivity index is 1.22. The Morgan fingerprint density at radius 1 is 0.970 bits per heavy atom. The Bertz CT molecular complexity index is 887. The van der Waals surface area contributed by atoms with E-state index in [1.54, 1.807) is 0 Å². The maximum absolute atomic E-state index is 14.1. The number of nitrogens with zero attached hydrogens (tertiary/aromatic N) is 1. The van der Waals surface area contributed by atoms with Crippen LogP contribution < -0.4 is 5.32 Å². The molecule has 1 saturated heterocycles. The van der Waals surface area contributed by atoms with Gasteiger partial charge in [0.05, 0.1) is 0 Å². The summed E-state index contributed by atoms with van der Waals surface area (Å²) in [5.74, 6) is 4.62. The second-order valence-electron chi connectivity index (χ2n) is 14.1. The Morgan fingerprint density at radius 2 is 1.67 bits per heavy atom. The van der Waals surface area contributed by atoms with Crippen LogP contribution in [0, 0.1) is 46.3 Å². The monoisotopic (exact) mass is 450 g/mol. The van der Waals surface area contributed by atoms with Crippen LogP contribution in [0.3, 0.4) is 0 Å². The number of likely N-dealkylation sites (tertiary alicyclic amines) is 1. The van der Waals surface area contributed by atoms with E-state index in [-0.39, 0.29) is 22.8 Å². The molecule has 0 radical (unpaired) electrons. The van der Waals surface area contributed by atoms with Crippen LogP contribution in [-0.2, 0) is 4.79 Å². The van der Waals surface area contributed by atoms with Crippen LogP contribution in [0.4, 0.5) is 4.79 Å². The maximum atomic E-state index is 14.1. The zero-order chi connectivity index (χ0) is 22.6. The molecule has 1 aliphatic heterocycles. The first-order chi connectivity index (χ1) is 15.8. The van der Waals surface area contributed by atoms with Crippen molar-refractivity contribution >= 4 is 11.8 Å². The van der Waals surface area contributed by atoms with Crippen LogP contribution >= 0.6 is 0 Å². The van der Waals surface area contributed by atoms with E-state index in [1.807, 2.05) is 6.08 Å². The fourth-order valence-electron chi connectivity index (χ4n) is 11.0. The number of carbonyl (C=O) groups excluding carboxylic acids is 2. The topological polar surface area (TPSA) is 49.4 Å². The van der Waals surface area contributed by atoms with E-state index in [1.165, 1.54) is 70.6 Å². The summed E-state index contributed by atoms with van der Waals surface area (Å²) in [6.45, 7) is 5.75. The molecule has 7 aliphatic carbocycles. The highest BCUT2D eigenvalue weighted by Gasteiger charge is 2.59. The van der Waals surface area contributed by atoms with Gasteiger partial charge in [-0.1, -0.05) is 20.3 Å². The lowest BCUT2D eigenvalue weighted by molar-refractivity contribution is -0.118. The van der Waals surface area contributed by atoms with Crippen molar-refractivity contribution in [3.05, 3.63) is 11.8 Å². The van der Waals surface area contributed by atoms with Gasteiger partial charge in [0, 0.05) is 35.7 Å². The highest BCUT2D eigenvalue weighted by molar-refractivity contribution is 5.93. The number of nitrogens with one attached hydrogen (secondary N) is 1. The van der Waals surface area contributed by atoms with Gasteiger partial charge in [-0.2, -0.15) is 0 Å². The second-order valence-corrected chi connectivity index (χ2v) is 14.1. The number of fused-ring (bicyclic) bond motifs is 5. The lowest BCUT2D eigenvalue weighted by Gasteiger charge is -2.60. The molecule has 0 spiro atoms. The first-order valence-corrected chi connectivity index (χ1v) is 14.1. The third-order valence-electron chi connectivity index (χ3n) is 12.1. The molecule has 0 unspecified atom stereocenters. The van der Waals surface area contributed by atoms with Crippen molar-refractivity contribution in [2.75, 3.05) is 6.54 Å². The van der Waals surface area contributed by atoms with Crippen molar-refractivity contribution in [1.29, 1.82) is 0 Å². The molecule has 8 aliphatic rings. The van der Waals surface area contributed by atoms with E-state index < -0.39 is 0 Å². The number of carbonyl (C=O) groups is 2. The fourth-order valence-corrected chi connectivity index (χ4v) is 11.0. The molecule has 1 N–H and O–H groups in total. The zero-order valence-corrected chi connectivity index (χ0v) is 20.7. The first-order valence-electron chi connectivity index (χ1n) is 14.1. The predicted octanol–water partition coefficient (Wildman–Crippen LogP) is 6.07. The summed E-state index contributed by atoms with van der Waals surface area (Å²) in [4.78, 5) is 28.8. The number of allylic oxidation sites excluding steroid dienone is 2. The SMILES string of the molecule is C[C@@]12CCC[C@H]1[C@@H]1CN(C(=O)NC34CC5CC(CC(C5)C3)C4)C3=CC(=O)CC[C@]3(C)[C@H]1CC2. The van der Waals surface area contributed by atoms with Crippen molar-refractivity contribution in [2.45, 2.75) is 103 Å². The van der Waals surface area contributed by atoms with Gasteiger partial charge in [0.1, 0.15) is 0 Å². The van der Waals surface area contributed by atoms with Crippen molar-refractivity contribution < 1.29 is 9.59 Å². The van der Waals surface area contributed by atoms with Gasteiger partial charge in [0.25, 0.3) is 0 Å². The van der Waals surface area contributed by atoms with E-state index >= 15 is 0 Å². The van der Waals surface area contributed by atoms with Crippen LogP contribution in [0.5, 0.6) is 0 Å². The van der Waals surface area contributed by atoms with Gasteiger partial charge in [0.15, 0.2) is 5.78 Å². The maximum Gasteiger partial charge on any atom is 0.322 e. The molecule has 180 valence electrons. The summed E-state index contributed by atoms with van der Waals surface area (Å²) in [6, 6.07) is 0.118. The smallest absolute Gasteiger partial charge is 0.322 e. The van der Waals surface area contributed by atoms with Gasteiger partial charge in [-0.05, 0) is 112 Å². The Kier molecular flexibility index (Phi) is 4.38. The minimum absolute atomic E-state index is 0.0206. The van der Waals surface area contributed by atoms with Crippen LogP contribution in [-0.4, -0.2) is 28.8 Å². The average molecular weight is 451 g/mol. The Morgan fingerprint density at radius 3 is 2.36 bits per heavy atom. The van der Waals surface area contributed by atoms with Crippen LogP contribution in [0.25, 0.3) is 0 Å². The molecule has 4 nitrogen and oxygen atoms in total. The van der Waals surface area contributed by atoms with Crippen molar-refractivity contribution in [3.63, 3.8) is 0 Å². The summed E-state index contributed by atoms with van der Waals surface area (Å²) in [7, 11) is 0. The molecule has 1 heterocycles. The summed E-state index contributed by atoms with van der Waals surface area (Å²) in [6.07, 6.45) is 17.8. The van der Waals surface area contributed by atoms with Crippen molar-refractivity contribution in [2.24, 2.45) is 46.3 Å². The van der Waals surface area contributed by atoms with Crippen LogP contribution in [0.1, 0.15) is 97.3 Å². The van der Waals surface area contributed by atoms with Crippen LogP contribution in [0.15, 0.2) is 11.8 Å². The lowest BCUT2D eigenvalue weighted by atomic mass is 9.50. The van der Waals surface area contributed by atoms with Crippen molar-refractivity contribution in [1.82, 2.24) is 10.2 Å². The average Bonchev–Trinajstić information content (AvgIpc) is 3.14. The normalized spacial score (nSPS) is 52.1. The van der Waals surface area contributed by atoms with E-state index in [2.05, 4.69) is 24.1 Å². The molecule has 2 amide bonds. The Hall–Kier alpha value is -1.32. The van der Waals surface area contributed by atoms with Crippen molar-refractivity contribution in [3.8, 4) is 0 Å². The molecule has 0 aromatic rings. The molecule has 0 aromatic carbocycles. The molecule has 0 aromatic heterocycles. The molecule has 33 heavy (non-hydrogen) atoms. The highest BCUT2D eigenvalue weighted by Crippen LogP contribution is 2.64. The van der Waals surface area contributed by atoms with E-state index in [4.69, 9.17) is 0 Å². The molecule has 5 atom stereocenters. The largest absolute Gasteiger partial charge is 0.332 e. The molecular formula is C29H42N2O2. The number of rotatable bonds is 1. The number of ketones is 1. The van der Waals surface area contributed by atoms with Gasteiger partial charge in [0.2, 0.25) is 0 Å². The van der Waals surface area contributed by atoms with Gasteiger partial charge >= 0.3 is 6.03 Å². The van der Waals surface area contributed by atoms with E-state index in [0.29, 0.717) is 23.7 Å². The molecule has 4 bridgehead atoms. The van der Waals surface area contributed by atoms with Gasteiger partial charge in [-0.25, -0.2) is 4.79 Å². The van der Waals surface area contributed by atoms with Gasteiger partial charge in [-0.3, -0.25) is 9.69 Å². The number of piperidine rings is 1. The van der Waals surface area contributed by atoms with E-state index in [0.717, 1.165) is 42.3 Å². The van der Waals surface area contributed by atoms with Crippen LogP contribution in [0.2, 0.25) is 0 Å². The number of amides is 2. The fraction of sp³-hybridized carbons (Fsp3) is 0.862. The third-order valence-corrected chi connectivity index (χ3v) is 12.1. The summed E-state index contributed by atoms with van der Waals surface area (Å²) >= 11 is 0. The molecule has 6 saturated carbocycles. The molecular weight excluding hydrogens is 408 g/mol. The summed E-state index contributed by atoms with van der Waals surface area (Å²) in [5.41, 5.74) is 1.52. The summed E-state index contributed by atoms with van der Waals surface area (Å²) in [5, 5.41) is 3.66. The molecule has 7 fully saturated rings. The second kappa shape index (κ2) is 6.88. The zero-order valence-electron chi connectivity index (χ0n) is 20.7. The Labute approximate surface area is 199 Å². The minimum Gasteiger partial charge on any atom is -0.332 e. The van der Waals surface area contributed by atoms with E-state index in [9.17, 15) is 9.59 Å². The first kappa shape index (κ1) is 21.0. The summed E-state index contributed by atoms with van der Waals surface area (Å²) < 4.78 is 0.